The van der Waals surface area contributed by atoms with Crippen molar-refractivity contribution < 1.29 is 19.1 Å². The molecule has 1 aromatic rings. The maximum Gasteiger partial charge on any atom is 0.293 e. The molecule has 0 aromatic heterocycles. The Balaban J connectivity index is 2.46. The summed E-state index contributed by atoms with van der Waals surface area (Å²) in [5.74, 6) is 3.20. The fourth-order valence-electron chi connectivity index (χ4n) is 2.55. The molecular formula is C21H21NO4S. The lowest BCUT2D eigenvalue weighted by Crippen LogP contribution is -2.27. The largest absolute Gasteiger partial charge is 0.490 e. The number of amides is 2. The van der Waals surface area contributed by atoms with Gasteiger partial charge in [0.05, 0.1) is 11.5 Å². The number of ether oxygens (including phenoxy) is 2. The molecule has 1 fully saturated rings. The molecule has 27 heavy (non-hydrogen) atoms. The second kappa shape index (κ2) is 9.70. The Morgan fingerprint density at radius 2 is 2.04 bits per heavy atom. The van der Waals surface area contributed by atoms with Gasteiger partial charge < -0.3 is 9.47 Å². The first-order valence-corrected chi connectivity index (χ1v) is 9.20. The van der Waals surface area contributed by atoms with Crippen molar-refractivity contribution in [3.8, 4) is 23.8 Å². The Kier molecular flexibility index (Phi) is 7.33. The number of benzene rings is 1. The third kappa shape index (κ3) is 4.83. The highest BCUT2D eigenvalue weighted by atomic mass is 32.2. The molecule has 0 atom stereocenters. The highest BCUT2D eigenvalue weighted by Crippen LogP contribution is 2.37. The number of carbonyl (C=O) groups excluding carboxylic acids is 2. The zero-order valence-electron chi connectivity index (χ0n) is 15.2. The van der Waals surface area contributed by atoms with Crippen molar-refractivity contribution in [3.63, 3.8) is 0 Å². The maximum atomic E-state index is 12.4. The molecule has 1 heterocycles. The molecule has 140 valence electrons. The summed E-state index contributed by atoms with van der Waals surface area (Å²) in [4.78, 5) is 25.9. The fourth-order valence-corrected chi connectivity index (χ4v) is 3.40. The Hall–Kier alpha value is -2.91. The van der Waals surface area contributed by atoms with Crippen molar-refractivity contribution in [2.75, 3.05) is 19.8 Å². The van der Waals surface area contributed by atoms with Crippen LogP contribution in [0.5, 0.6) is 11.5 Å². The summed E-state index contributed by atoms with van der Waals surface area (Å²) in [6.07, 6.45) is 10.8. The molecule has 1 saturated heterocycles. The van der Waals surface area contributed by atoms with E-state index in [2.05, 4.69) is 19.1 Å². The van der Waals surface area contributed by atoms with Crippen LogP contribution in [0, 0.1) is 12.3 Å². The molecule has 5 nitrogen and oxygen atoms in total. The van der Waals surface area contributed by atoms with Gasteiger partial charge in [0.15, 0.2) is 11.5 Å². The average Bonchev–Trinajstić information content (AvgIpc) is 2.89. The summed E-state index contributed by atoms with van der Waals surface area (Å²) in [6.45, 7) is 9.95. The van der Waals surface area contributed by atoms with Crippen molar-refractivity contribution in [3.05, 3.63) is 53.5 Å². The summed E-state index contributed by atoms with van der Waals surface area (Å²) >= 11 is 0.905. The summed E-state index contributed by atoms with van der Waals surface area (Å²) in [5, 5.41) is -0.309. The number of rotatable bonds is 9. The van der Waals surface area contributed by atoms with Gasteiger partial charge in [-0.1, -0.05) is 18.1 Å². The van der Waals surface area contributed by atoms with E-state index in [0.29, 0.717) is 29.4 Å². The van der Waals surface area contributed by atoms with Crippen LogP contribution >= 0.6 is 11.8 Å². The van der Waals surface area contributed by atoms with E-state index in [1.54, 1.807) is 18.2 Å². The highest BCUT2D eigenvalue weighted by molar-refractivity contribution is 8.18. The Morgan fingerprint density at radius 3 is 2.67 bits per heavy atom. The zero-order valence-corrected chi connectivity index (χ0v) is 16.0. The molecule has 0 aliphatic carbocycles. The number of terminal acetylenes is 1. The van der Waals surface area contributed by atoms with Gasteiger partial charge in [-0.15, -0.1) is 19.6 Å². The number of thioether (sulfide) groups is 1. The van der Waals surface area contributed by atoms with Crippen molar-refractivity contribution in [1.29, 1.82) is 0 Å². The van der Waals surface area contributed by atoms with Crippen molar-refractivity contribution in [1.82, 2.24) is 4.90 Å². The lowest BCUT2D eigenvalue weighted by molar-refractivity contribution is -0.122. The molecule has 0 bridgehead atoms. The third-order valence-corrected chi connectivity index (χ3v) is 4.51. The van der Waals surface area contributed by atoms with Crippen LogP contribution in [0.15, 0.2) is 42.3 Å². The first kappa shape index (κ1) is 20.4. The quantitative estimate of drug-likeness (QED) is 0.366. The average molecular weight is 383 g/mol. The van der Waals surface area contributed by atoms with Crippen LogP contribution in [0.3, 0.4) is 0 Å². The molecule has 0 N–H and O–H groups in total. The molecule has 2 amide bonds. The van der Waals surface area contributed by atoms with E-state index in [-0.39, 0.29) is 24.3 Å². The predicted octanol–water partition coefficient (Wildman–Crippen LogP) is 4.05. The van der Waals surface area contributed by atoms with Gasteiger partial charge in [0.1, 0.15) is 6.61 Å². The topological polar surface area (TPSA) is 55.8 Å². The standard InChI is InChI=1S/C21H21NO4S/c1-5-9-16-12-15(13-17(25-8-4)19(16)26-11-7-3)14-18-20(23)22(10-6-2)21(24)27-18/h3,5-6,12-14H,1-2,8-11H2,4H3/b18-14+. The van der Waals surface area contributed by atoms with Crippen LogP contribution in [-0.2, 0) is 11.2 Å². The van der Waals surface area contributed by atoms with Crippen LogP contribution in [0.2, 0.25) is 0 Å². The minimum atomic E-state index is -0.333. The third-order valence-electron chi connectivity index (χ3n) is 3.60. The van der Waals surface area contributed by atoms with Gasteiger partial charge in [-0.2, -0.15) is 0 Å². The van der Waals surface area contributed by atoms with Gasteiger partial charge >= 0.3 is 0 Å². The molecule has 0 saturated carbocycles. The van der Waals surface area contributed by atoms with E-state index in [1.165, 1.54) is 6.08 Å². The molecular weight excluding hydrogens is 362 g/mol. The Labute approximate surface area is 163 Å². The van der Waals surface area contributed by atoms with Crippen molar-refractivity contribution in [2.45, 2.75) is 13.3 Å². The van der Waals surface area contributed by atoms with Gasteiger partial charge in [0.2, 0.25) is 0 Å². The number of hydrogen-bond acceptors (Lipinski definition) is 5. The normalized spacial score (nSPS) is 15.0. The number of imide groups is 1. The van der Waals surface area contributed by atoms with Crippen LogP contribution in [-0.4, -0.2) is 35.8 Å². The summed E-state index contributed by atoms with van der Waals surface area (Å²) in [6, 6.07) is 3.64. The molecule has 0 radical (unpaired) electrons. The first-order chi connectivity index (χ1) is 13.0. The number of allylic oxidation sites excluding steroid dienone is 1. The van der Waals surface area contributed by atoms with E-state index in [4.69, 9.17) is 15.9 Å². The second-order valence-corrected chi connectivity index (χ2v) is 6.50. The molecule has 1 aliphatic rings. The lowest BCUT2D eigenvalue weighted by atomic mass is 10.0. The zero-order chi connectivity index (χ0) is 19.8. The van der Waals surface area contributed by atoms with Crippen molar-refractivity contribution >= 4 is 29.0 Å². The SMILES string of the molecule is C#CCOc1c(CC=C)cc(/C=C2/SC(=O)N(CC=C)C2=O)cc1OCC. The van der Waals surface area contributed by atoms with Crippen LogP contribution in [0.25, 0.3) is 6.08 Å². The van der Waals surface area contributed by atoms with Crippen LogP contribution < -0.4 is 9.47 Å². The van der Waals surface area contributed by atoms with Crippen LogP contribution in [0.4, 0.5) is 4.79 Å². The lowest BCUT2D eigenvalue weighted by Gasteiger charge is -2.15. The van der Waals surface area contributed by atoms with E-state index < -0.39 is 0 Å². The summed E-state index contributed by atoms with van der Waals surface area (Å²) in [5.41, 5.74) is 1.57. The molecule has 1 aliphatic heterocycles. The summed E-state index contributed by atoms with van der Waals surface area (Å²) < 4.78 is 11.4. The van der Waals surface area contributed by atoms with Crippen LogP contribution in [0.1, 0.15) is 18.1 Å². The van der Waals surface area contributed by atoms with Crippen molar-refractivity contribution in [2.24, 2.45) is 0 Å². The molecule has 2 rings (SSSR count). The van der Waals surface area contributed by atoms with E-state index in [0.717, 1.165) is 27.8 Å². The van der Waals surface area contributed by atoms with Gasteiger partial charge in [0.25, 0.3) is 11.1 Å². The van der Waals surface area contributed by atoms with E-state index in [9.17, 15) is 9.59 Å². The number of carbonyl (C=O) groups is 2. The van der Waals surface area contributed by atoms with E-state index >= 15 is 0 Å². The monoisotopic (exact) mass is 383 g/mol. The Bertz CT molecular complexity index is 835. The highest BCUT2D eigenvalue weighted by Gasteiger charge is 2.34. The number of hydrogen-bond donors (Lipinski definition) is 0. The smallest absolute Gasteiger partial charge is 0.293 e. The maximum absolute atomic E-state index is 12.4. The molecule has 0 spiro atoms. The molecule has 0 unspecified atom stereocenters. The minimum absolute atomic E-state index is 0.115. The number of nitrogens with zero attached hydrogens (tertiary/aromatic N) is 1. The molecule has 1 aromatic carbocycles. The van der Waals surface area contributed by atoms with Gasteiger partial charge in [-0.3, -0.25) is 14.5 Å². The van der Waals surface area contributed by atoms with Gasteiger partial charge in [-0.25, -0.2) is 0 Å². The Morgan fingerprint density at radius 1 is 1.26 bits per heavy atom. The van der Waals surface area contributed by atoms with E-state index in [1.807, 2.05) is 13.0 Å². The molecule has 6 heteroatoms. The predicted molar refractivity (Wildman–Crippen MR) is 109 cm³/mol. The summed E-state index contributed by atoms with van der Waals surface area (Å²) in [7, 11) is 0. The minimum Gasteiger partial charge on any atom is -0.490 e. The fraction of sp³-hybridized carbons (Fsp3) is 0.238. The second-order valence-electron chi connectivity index (χ2n) is 5.51. The first-order valence-electron chi connectivity index (χ1n) is 8.38. The van der Waals surface area contributed by atoms with Gasteiger partial charge in [0, 0.05) is 12.1 Å². The van der Waals surface area contributed by atoms with Gasteiger partial charge in [-0.05, 0) is 48.9 Å².